The van der Waals surface area contributed by atoms with Crippen molar-refractivity contribution in [3.05, 3.63) is 106 Å². The predicted octanol–water partition coefficient (Wildman–Crippen LogP) is 5.55. The number of aromatic hydroxyl groups is 1. The van der Waals surface area contributed by atoms with Crippen LogP contribution in [0.4, 0.5) is 11.4 Å². The number of anilines is 2. The molecule has 44 heavy (non-hydrogen) atoms. The Morgan fingerprint density at radius 1 is 1.00 bits per heavy atom. The van der Waals surface area contributed by atoms with Crippen LogP contribution in [0.3, 0.4) is 0 Å². The van der Waals surface area contributed by atoms with Crippen molar-refractivity contribution in [3.8, 4) is 5.75 Å². The lowest BCUT2D eigenvalue weighted by atomic mass is 9.95. The molecular weight excluding hydrogens is 574 g/mol. The van der Waals surface area contributed by atoms with Crippen molar-refractivity contribution >= 4 is 40.6 Å². The maximum atomic E-state index is 14.4. The molecule has 1 atom stereocenters. The molecule has 1 fully saturated rings. The molecule has 10 heteroatoms. The second-order valence-corrected chi connectivity index (χ2v) is 11.9. The Hall–Kier alpha value is -4.70. The Morgan fingerprint density at radius 2 is 1.73 bits per heavy atom. The van der Waals surface area contributed by atoms with E-state index in [1.807, 2.05) is 55.5 Å². The molecule has 0 spiro atoms. The van der Waals surface area contributed by atoms with Crippen LogP contribution in [0.5, 0.6) is 5.75 Å². The molecule has 0 saturated heterocycles. The Labute approximate surface area is 261 Å². The third-order valence-electron chi connectivity index (χ3n) is 7.85. The molecule has 4 aromatic rings. The molecule has 0 aliphatic heterocycles. The van der Waals surface area contributed by atoms with Gasteiger partial charge in [-0.15, -0.1) is 0 Å². The van der Waals surface area contributed by atoms with E-state index in [1.54, 1.807) is 18.2 Å². The van der Waals surface area contributed by atoms with Crippen LogP contribution < -0.4 is 21.3 Å². The Morgan fingerprint density at radius 3 is 2.43 bits per heavy atom. The summed E-state index contributed by atoms with van der Waals surface area (Å²) in [6.07, 6.45) is 5.67. The van der Waals surface area contributed by atoms with E-state index in [0.717, 1.165) is 54.8 Å². The number of carbonyl (C=O) groups is 3. The number of aromatic nitrogens is 1. The van der Waals surface area contributed by atoms with Gasteiger partial charge < -0.3 is 21.5 Å². The molecule has 1 saturated carbocycles. The Balaban J connectivity index is 1.49. The van der Waals surface area contributed by atoms with Gasteiger partial charge in [-0.1, -0.05) is 73.9 Å². The second kappa shape index (κ2) is 14.2. The zero-order chi connectivity index (χ0) is 31.1. The number of carbonyl (C=O) groups excluding carboxylic acids is 3. The van der Waals surface area contributed by atoms with Crippen molar-refractivity contribution in [2.24, 2.45) is 0 Å². The quantitative estimate of drug-likeness (QED) is 0.186. The molecule has 3 aromatic carbocycles. The summed E-state index contributed by atoms with van der Waals surface area (Å²) in [7, 11) is 0. The number of nitrogen functional groups attached to an aromatic ring is 1. The van der Waals surface area contributed by atoms with Gasteiger partial charge in [0.1, 0.15) is 16.7 Å². The minimum Gasteiger partial charge on any atom is -0.508 e. The number of nitrogens with one attached hydrogen (secondary N) is 2. The summed E-state index contributed by atoms with van der Waals surface area (Å²) in [5.74, 6) is -1.33. The van der Waals surface area contributed by atoms with Crippen LogP contribution in [0, 0.1) is 6.92 Å². The van der Waals surface area contributed by atoms with Crippen LogP contribution >= 0.6 is 11.5 Å². The van der Waals surface area contributed by atoms with Gasteiger partial charge in [0.25, 0.3) is 11.8 Å². The lowest BCUT2D eigenvalue weighted by Gasteiger charge is -2.31. The summed E-state index contributed by atoms with van der Waals surface area (Å²) in [6.45, 7) is 2.25. The molecule has 0 radical (unpaired) electrons. The topological polar surface area (TPSA) is 138 Å². The van der Waals surface area contributed by atoms with Gasteiger partial charge in [0.15, 0.2) is 5.69 Å². The van der Waals surface area contributed by atoms with Gasteiger partial charge >= 0.3 is 0 Å². The van der Waals surface area contributed by atoms with Crippen molar-refractivity contribution in [2.45, 2.75) is 57.5 Å². The fourth-order valence-electron chi connectivity index (χ4n) is 5.53. The number of nitrogens with two attached hydrogens (primary N) is 1. The van der Waals surface area contributed by atoms with Crippen molar-refractivity contribution in [2.75, 3.05) is 17.2 Å². The van der Waals surface area contributed by atoms with Gasteiger partial charge in [0.05, 0.1) is 5.69 Å². The third kappa shape index (κ3) is 7.26. The zero-order valence-electron chi connectivity index (χ0n) is 24.7. The van der Waals surface area contributed by atoms with Crippen LogP contribution in [0.2, 0.25) is 0 Å². The maximum Gasteiger partial charge on any atom is 0.273 e. The molecule has 5 N–H and O–H groups in total. The van der Waals surface area contributed by atoms with E-state index in [0.29, 0.717) is 24.2 Å². The summed E-state index contributed by atoms with van der Waals surface area (Å²) in [4.78, 5) is 43.0. The van der Waals surface area contributed by atoms with Crippen molar-refractivity contribution in [1.29, 1.82) is 0 Å². The third-order valence-corrected chi connectivity index (χ3v) is 8.70. The van der Waals surface area contributed by atoms with Gasteiger partial charge in [-0.05, 0) is 78.7 Å². The van der Waals surface area contributed by atoms with Gasteiger partial charge in [0, 0.05) is 18.3 Å². The molecule has 5 rings (SSSR count). The number of nitrogens with zero attached hydrogens (tertiary/aromatic N) is 2. The van der Waals surface area contributed by atoms with E-state index in [4.69, 9.17) is 5.73 Å². The van der Waals surface area contributed by atoms with Crippen LogP contribution in [0.15, 0.2) is 78.9 Å². The van der Waals surface area contributed by atoms with Crippen molar-refractivity contribution in [3.63, 3.8) is 0 Å². The number of benzene rings is 3. The highest BCUT2D eigenvalue weighted by Gasteiger charge is 2.36. The highest BCUT2D eigenvalue weighted by Crippen LogP contribution is 2.34. The smallest absolute Gasteiger partial charge is 0.273 e. The first-order valence-electron chi connectivity index (χ1n) is 14.9. The molecule has 1 heterocycles. The summed E-state index contributed by atoms with van der Waals surface area (Å²) < 4.78 is 4.29. The first-order chi connectivity index (χ1) is 21.3. The van der Waals surface area contributed by atoms with Crippen LogP contribution in [0.1, 0.15) is 75.0 Å². The van der Waals surface area contributed by atoms with Gasteiger partial charge in [-0.2, -0.15) is 4.37 Å². The normalized spacial score (nSPS) is 14.0. The lowest BCUT2D eigenvalue weighted by Crippen LogP contribution is -2.44. The molecule has 0 unspecified atom stereocenters. The van der Waals surface area contributed by atoms with E-state index in [9.17, 15) is 19.5 Å². The Kier molecular flexibility index (Phi) is 9.91. The summed E-state index contributed by atoms with van der Waals surface area (Å²) in [6, 6.07) is 22.2. The minimum atomic E-state index is -1.11. The summed E-state index contributed by atoms with van der Waals surface area (Å²) >= 11 is 0.845. The highest BCUT2D eigenvalue weighted by molar-refractivity contribution is 7.09. The first kappa shape index (κ1) is 30.7. The van der Waals surface area contributed by atoms with E-state index in [-0.39, 0.29) is 28.0 Å². The standard InChI is InChI=1S/C34H37N5O4S/c1-22-9-8-14-26(21-22)39(34(43)31-28(35)29(38-44-31)32(41)37-25-12-6-3-7-13-25)30(24-15-17-27(40)18-16-24)33(42)36-20-19-23-10-4-2-5-11-23/h2,4-5,8-11,14-18,21,25,30,40H,3,6-7,12-13,19-20,35H2,1H3,(H,36,42)(H,37,41)/t30-/m1/s1. The second-order valence-electron chi connectivity index (χ2n) is 11.1. The number of amides is 3. The molecular formula is C34H37N5O4S. The average molecular weight is 612 g/mol. The highest BCUT2D eigenvalue weighted by atomic mass is 32.1. The summed E-state index contributed by atoms with van der Waals surface area (Å²) in [5.41, 5.74) is 9.37. The van der Waals surface area contributed by atoms with Gasteiger partial charge in [0.2, 0.25) is 5.91 Å². The lowest BCUT2D eigenvalue weighted by molar-refractivity contribution is -0.122. The van der Waals surface area contributed by atoms with Crippen LogP contribution in [-0.4, -0.2) is 39.8 Å². The number of aryl methyl sites for hydroxylation is 1. The molecule has 1 aromatic heterocycles. The van der Waals surface area contributed by atoms with Crippen molar-refractivity contribution in [1.82, 2.24) is 15.0 Å². The molecule has 1 aliphatic carbocycles. The predicted molar refractivity (Wildman–Crippen MR) is 173 cm³/mol. The summed E-state index contributed by atoms with van der Waals surface area (Å²) in [5, 5.41) is 16.0. The number of hydrogen-bond acceptors (Lipinski definition) is 7. The molecule has 0 bridgehead atoms. The number of rotatable bonds is 10. The van der Waals surface area contributed by atoms with Crippen molar-refractivity contribution < 1.29 is 19.5 Å². The molecule has 228 valence electrons. The number of hydrogen-bond donors (Lipinski definition) is 4. The van der Waals surface area contributed by atoms with Gasteiger partial charge in [-0.25, -0.2) is 0 Å². The van der Waals surface area contributed by atoms with E-state index < -0.39 is 23.8 Å². The molecule has 9 nitrogen and oxygen atoms in total. The fraction of sp³-hybridized carbons (Fsp3) is 0.294. The van der Waals surface area contributed by atoms with Crippen LogP contribution in [-0.2, 0) is 11.2 Å². The minimum absolute atomic E-state index is 0.0140. The largest absolute Gasteiger partial charge is 0.508 e. The number of phenols is 1. The van der Waals surface area contributed by atoms with Crippen LogP contribution in [0.25, 0.3) is 0 Å². The zero-order valence-corrected chi connectivity index (χ0v) is 25.5. The maximum absolute atomic E-state index is 14.4. The van der Waals surface area contributed by atoms with E-state index >= 15 is 0 Å². The Bertz CT molecular complexity index is 1600. The average Bonchev–Trinajstić information content (AvgIpc) is 3.42. The first-order valence-corrected chi connectivity index (χ1v) is 15.7. The van der Waals surface area contributed by atoms with E-state index in [1.165, 1.54) is 17.0 Å². The number of phenolic OH excluding ortho intramolecular Hbond substituents is 1. The van der Waals surface area contributed by atoms with E-state index in [2.05, 4.69) is 15.0 Å². The monoisotopic (exact) mass is 611 g/mol. The molecule has 1 aliphatic rings. The molecule has 3 amide bonds. The fourth-order valence-corrected chi connectivity index (χ4v) is 6.27. The van der Waals surface area contributed by atoms with Gasteiger partial charge in [-0.3, -0.25) is 19.3 Å². The SMILES string of the molecule is Cc1cccc(N(C(=O)c2snc(C(=O)NC3CCCCC3)c2N)[C@@H](C(=O)NCCc2ccccc2)c2ccc(O)cc2)c1.